The van der Waals surface area contributed by atoms with Crippen molar-refractivity contribution in [3.8, 4) is 0 Å². The van der Waals surface area contributed by atoms with E-state index < -0.39 is 35.2 Å². The fourth-order valence-corrected chi connectivity index (χ4v) is 2.21. The highest BCUT2D eigenvalue weighted by Crippen LogP contribution is 2.26. The molecule has 0 fully saturated rings. The number of carbonyl (C=O) groups excluding carboxylic acids is 4. The standard InChI is InChI=1S/C18H22N2O6/c1-17(2,3)25-15(23)20(16(24)26-18(4,5)6)19-13(21)11-9-7-8-10-12(11)14(19)22/h7-10H,1-6H3. The molecule has 0 aliphatic carbocycles. The number of amides is 4. The van der Waals surface area contributed by atoms with E-state index in [-0.39, 0.29) is 11.1 Å². The molecule has 0 N–H and O–H groups in total. The average molecular weight is 362 g/mol. The quantitative estimate of drug-likeness (QED) is 0.711. The lowest BCUT2D eigenvalue weighted by molar-refractivity contribution is -0.0427. The summed E-state index contributed by atoms with van der Waals surface area (Å²) in [4.78, 5) is 50.4. The Bertz CT molecular complexity index is 710. The first-order valence-electron chi connectivity index (χ1n) is 8.05. The molecule has 0 spiro atoms. The van der Waals surface area contributed by atoms with Crippen LogP contribution in [0.25, 0.3) is 0 Å². The van der Waals surface area contributed by atoms with Crippen LogP contribution < -0.4 is 0 Å². The minimum Gasteiger partial charge on any atom is -0.442 e. The SMILES string of the molecule is CC(C)(C)OC(=O)N(C(=O)OC(C)(C)C)N1C(=O)c2ccccc2C1=O. The zero-order valence-electron chi connectivity index (χ0n) is 15.7. The van der Waals surface area contributed by atoms with E-state index in [4.69, 9.17) is 9.47 Å². The fourth-order valence-electron chi connectivity index (χ4n) is 2.21. The van der Waals surface area contributed by atoms with Gasteiger partial charge in [-0.2, -0.15) is 5.01 Å². The van der Waals surface area contributed by atoms with Crippen LogP contribution in [0.3, 0.4) is 0 Å². The highest BCUT2D eigenvalue weighted by atomic mass is 16.6. The van der Waals surface area contributed by atoms with E-state index in [0.717, 1.165) is 0 Å². The van der Waals surface area contributed by atoms with Crippen molar-refractivity contribution in [2.75, 3.05) is 0 Å². The number of fused-ring (bicyclic) bond motifs is 1. The molecule has 8 heteroatoms. The third-order valence-electron chi connectivity index (χ3n) is 3.11. The topological polar surface area (TPSA) is 93.2 Å². The first kappa shape index (κ1) is 19.4. The Labute approximate surface area is 151 Å². The summed E-state index contributed by atoms with van der Waals surface area (Å²) in [6.07, 6.45) is -2.36. The summed E-state index contributed by atoms with van der Waals surface area (Å²) in [5.74, 6) is -1.61. The smallest absolute Gasteiger partial charge is 0.440 e. The highest BCUT2D eigenvalue weighted by Gasteiger charge is 2.47. The minimum atomic E-state index is -1.18. The predicted molar refractivity (Wildman–Crippen MR) is 91.2 cm³/mol. The van der Waals surface area contributed by atoms with E-state index in [1.807, 2.05) is 0 Å². The van der Waals surface area contributed by atoms with Crippen molar-refractivity contribution in [1.29, 1.82) is 0 Å². The zero-order chi connectivity index (χ0) is 19.9. The molecule has 1 aromatic rings. The average Bonchev–Trinajstić information content (AvgIpc) is 2.70. The normalized spacial score (nSPS) is 14.2. The fraction of sp³-hybridized carbons (Fsp3) is 0.444. The Morgan fingerprint density at radius 3 is 1.46 bits per heavy atom. The van der Waals surface area contributed by atoms with Crippen LogP contribution in [0.15, 0.2) is 24.3 Å². The Kier molecular flexibility index (Phi) is 4.81. The number of carbonyl (C=O) groups is 4. The van der Waals surface area contributed by atoms with Gasteiger partial charge in [0.25, 0.3) is 11.8 Å². The lowest BCUT2D eigenvalue weighted by Gasteiger charge is -2.31. The second-order valence-electron chi connectivity index (χ2n) is 7.74. The second kappa shape index (κ2) is 6.44. The molecular formula is C18H22N2O6. The molecular weight excluding hydrogens is 340 g/mol. The number of hydrazine groups is 1. The van der Waals surface area contributed by atoms with Crippen molar-refractivity contribution >= 4 is 24.0 Å². The van der Waals surface area contributed by atoms with Gasteiger partial charge in [-0.1, -0.05) is 12.1 Å². The number of nitrogens with zero attached hydrogens (tertiary/aromatic N) is 2. The molecule has 0 unspecified atom stereocenters. The van der Waals surface area contributed by atoms with Crippen molar-refractivity contribution in [2.45, 2.75) is 52.7 Å². The van der Waals surface area contributed by atoms with Crippen LogP contribution in [-0.4, -0.2) is 45.2 Å². The zero-order valence-corrected chi connectivity index (χ0v) is 15.7. The van der Waals surface area contributed by atoms with Gasteiger partial charge in [0, 0.05) is 0 Å². The van der Waals surface area contributed by atoms with Gasteiger partial charge in [-0.05, 0) is 53.7 Å². The first-order chi connectivity index (χ1) is 11.8. The van der Waals surface area contributed by atoms with Gasteiger partial charge in [-0.3, -0.25) is 9.59 Å². The monoisotopic (exact) mass is 362 g/mol. The maximum Gasteiger partial charge on any atom is 0.440 e. The predicted octanol–water partition coefficient (Wildman–Crippen LogP) is 3.37. The number of hydrogen-bond acceptors (Lipinski definition) is 6. The molecule has 1 heterocycles. The Morgan fingerprint density at radius 2 is 1.15 bits per heavy atom. The van der Waals surface area contributed by atoms with Crippen molar-refractivity contribution < 1.29 is 28.7 Å². The molecule has 140 valence electrons. The number of imide groups is 2. The Balaban J connectivity index is 2.45. The number of hydrogen-bond donors (Lipinski definition) is 0. The Morgan fingerprint density at radius 1 is 0.808 bits per heavy atom. The number of rotatable bonds is 1. The molecule has 2 rings (SSSR count). The van der Waals surface area contributed by atoms with Crippen molar-refractivity contribution in [3.05, 3.63) is 35.4 Å². The van der Waals surface area contributed by atoms with E-state index >= 15 is 0 Å². The van der Waals surface area contributed by atoms with Crippen LogP contribution in [-0.2, 0) is 9.47 Å². The molecule has 4 amide bonds. The maximum atomic E-state index is 12.6. The summed E-state index contributed by atoms with van der Waals surface area (Å²) in [5.41, 5.74) is -1.71. The van der Waals surface area contributed by atoms with Crippen LogP contribution in [0.5, 0.6) is 0 Å². The van der Waals surface area contributed by atoms with Gasteiger partial charge in [0.1, 0.15) is 11.2 Å². The summed E-state index contributed by atoms with van der Waals surface area (Å²) < 4.78 is 10.4. The lowest BCUT2D eigenvalue weighted by Crippen LogP contribution is -2.55. The van der Waals surface area contributed by atoms with Gasteiger partial charge in [0.2, 0.25) is 0 Å². The van der Waals surface area contributed by atoms with E-state index in [9.17, 15) is 19.2 Å². The number of ether oxygens (including phenoxy) is 2. The lowest BCUT2D eigenvalue weighted by atomic mass is 10.1. The van der Waals surface area contributed by atoms with Crippen LogP contribution in [0.4, 0.5) is 9.59 Å². The summed E-state index contributed by atoms with van der Waals surface area (Å²) in [5, 5.41) is 0.758. The summed E-state index contributed by atoms with van der Waals surface area (Å²) in [6, 6.07) is 6.05. The number of benzene rings is 1. The summed E-state index contributed by atoms with van der Waals surface area (Å²) >= 11 is 0. The van der Waals surface area contributed by atoms with Gasteiger partial charge in [-0.25, -0.2) is 9.59 Å². The molecule has 0 radical (unpaired) electrons. The molecule has 0 saturated carbocycles. The minimum absolute atomic E-state index is 0.0922. The van der Waals surface area contributed by atoms with E-state index in [1.54, 1.807) is 53.7 Å². The second-order valence-corrected chi connectivity index (χ2v) is 7.74. The molecule has 8 nitrogen and oxygen atoms in total. The highest BCUT2D eigenvalue weighted by molar-refractivity contribution is 6.22. The van der Waals surface area contributed by atoms with Gasteiger partial charge >= 0.3 is 12.2 Å². The Hall–Kier alpha value is -2.90. The molecule has 1 aliphatic rings. The van der Waals surface area contributed by atoms with Crippen molar-refractivity contribution in [1.82, 2.24) is 10.0 Å². The van der Waals surface area contributed by atoms with E-state index in [2.05, 4.69) is 0 Å². The molecule has 0 aromatic heterocycles. The van der Waals surface area contributed by atoms with Gasteiger partial charge in [0.15, 0.2) is 0 Å². The molecule has 0 atom stereocenters. The molecule has 1 aromatic carbocycles. The first-order valence-corrected chi connectivity index (χ1v) is 8.05. The third kappa shape index (κ3) is 4.01. The molecule has 0 saturated heterocycles. The van der Waals surface area contributed by atoms with Crippen molar-refractivity contribution in [2.24, 2.45) is 0 Å². The molecule has 26 heavy (non-hydrogen) atoms. The largest absolute Gasteiger partial charge is 0.442 e. The molecule has 1 aliphatic heterocycles. The van der Waals surface area contributed by atoms with E-state index in [0.29, 0.717) is 10.0 Å². The van der Waals surface area contributed by atoms with Gasteiger partial charge < -0.3 is 9.47 Å². The molecule has 0 bridgehead atoms. The van der Waals surface area contributed by atoms with Crippen molar-refractivity contribution in [3.63, 3.8) is 0 Å². The maximum absolute atomic E-state index is 12.6. The van der Waals surface area contributed by atoms with E-state index in [1.165, 1.54) is 12.1 Å². The van der Waals surface area contributed by atoms with Gasteiger partial charge in [0.05, 0.1) is 11.1 Å². The van der Waals surface area contributed by atoms with Crippen LogP contribution in [0, 0.1) is 0 Å². The van der Waals surface area contributed by atoms with Gasteiger partial charge in [-0.15, -0.1) is 5.01 Å². The van der Waals surface area contributed by atoms with Crippen LogP contribution >= 0.6 is 0 Å². The van der Waals surface area contributed by atoms with Crippen LogP contribution in [0.2, 0.25) is 0 Å². The summed E-state index contributed by atoms with van der Waals surface area (Å²) in [7, 11) is 0. The van der Waals surface area contributed by atoms with Crippen LogP contribution in [0.1, 0.15) is 62.3 Å². The third-order valence-corrected chi connectivity index (χ3v) is 3.11. The summed E-state index contributed by atoms with van der Waals surface area (Å²) in [6.45, 7) is 9.59.